The molecule has 0 spiro atoms. The number of carbonyl (C=O) groups excluding carboxylic acids is 2. The van der Waals surface area contributed by atoms with Gasteiger partial charge in [0.15, 0.2) is 0 Å². The lowest BCUT2D eigenvalue weighted by Crippen LogP contribution is -2.35. The zero-order valence-corrected chi connectivity index (χ0v) is 13.2. The van der Waals surface area contributed by atoms with Crippen LogP contribution < -0.4 is 5.32 Å². The highest BCUT2D eigenvalue weighted by Gasteiger charge is 2.21. The molecule has 2 aromatic carbocycles. The van der Waals surface area contributed by atoms with E-state index in [2.05, 4.69) is 17.4 Å². The lowest BCUT2D eigenvalue weighted by Gasteiger charge is -2.29. The van der Waals surface area contributed by atoms with Gasteiger partial charge in [0.1, 0.15) is 0 Å². The molecule has 0 aliphatic carbocycles. The van der Waals surface area contributed by atoms with Gasteiger partial charge >= 0.3 is 0 Å². The second-order valence-electron chi connectivity index (χ2n) is 5.85. The summed E-state index contributed by atoms with van der Waals surface area (Å²) in [4.78, 5) is 25.5. The average molecular weight is 308 g/mol. The molecule has 2 amide bonds. The molecular formula is C19H20N2O2. The average Bonchev–Trinajstić information content (AvgIpc) is 2.59. The Hall–Kier alpha value is -2.62. The van der Waals surface area contributed by atoms with Crippen molar-refractivity contribution in [1.29, 1.82) is 0 Å². The maximum absolute atomic E-state index is 12.6. The number of fused-ring (bicyclic) bond motifs is 1. The first kappa shape index (κ1) is 15.3. The molecule has 118 valence electrons. The van der Waals surface area contributed by atoms with Crippen LogP contribution in [0.25, 0.3) is 0 Å². The molecule has 2 aromatic rings. The van der Waals surface area contributed by atoms with Crippen LogP contribution in [0.1, 0.15) is 34.0 Å². The predicted molar refractivity (Wildman–Crippen MR) is 88.8 cm³/mol. The van der Waals surface area contributed by atoms with Gasteiger partial charge in [-0.15, -0.1) is 0 Å². The van der Waals surface area contributed by atoms with Crippen LogP contribution in [0.4, 0.5) is 0 Å². The largest absolute Gasteiger partial charge is 0.352 e. The molecule has 1 aliphatic rings. The fourth-order valence-electron chi connectivity index (χ4n) is 2.84. The van der Waals surface area contributed by atoms with E-state index < -0.39 is 0 Å². The fraction of sp³-hybridized carbons (Fsp3) is 0.263. The van der Waals surface area contributed by atoms with E-state index in [1.54, 1.807) is 0 Å². The first-order valence-electron chi connectivity index (χ1n) is 7.83. The van der Waals surface area contributed by atoms with Gasteiger partial charge in [-0.3, -0.25) is 9.59 Å². The van der Waals surface area contributed by atoms with Crippen LogP contribution in [-0.4, -0.2) is 23.3 Å². The van der Waals surface area contributed by atoms with Crippen molar-refractivity contribution in [1.82, 2.24) is 10.2 Å². The summed E-state index contributed by atoms with van der Waals surface area (Å²) in [5.74, 6) is 0.00251. The number of hydrogen-bond acceptors (Lipinski definition) is 2. The molecule has 0 saturated carbocycles. The Balaban J connectivity index is 1.68. The van der Waals surface area contributed by atoms with E-state index in [9.17, 15) is 9.59 Å². The molecule has 0 fully saturated rings. The molecule has 23 heavy (non-hydrogen) atoms. The van der Waals surface area contributed by atoms with Crippen molar-refractivity contribution in [3.63, 3.8) is 0 Å². The quantitative estimate of drug-likeness (QED) is 0.947. The standard InChI is InChI=1S/C19H20N2O2/c1-14(22)20-12-15-6-8-17(9-7-15)19(23)21-11-10-16-4-2-3-5-18(16)13-21/h2-9H,10-13H2,1H3,(H,20,22). The highest BCUT2D eigenvalue weighted by Crippen LogP contribution is 2.20. The molecule has 1 N–H and O–H groups in total. The highest BCUT2D eigenvalue weighted by molar-refractivity contribution is 5.94. The molecule has 0 bridgehead atoms. The van der Waals surface area contributed by atoms with E-state index >= 15 is 0 Å². The van der Waals surface area contributed by atoms with Crippen molar-refractivity contribution >= 4 is 11.8 Å². The van der Waals surface area contributed by atoms with E-state index in [4.69, 9.17) is 0 Å². The smallest absolute Gasteiger partial charge is 0.254 e. The second kappa shape index (κ2) is 6.65. The van der Waals surface area contributed by atoms with Crippen molar-refractivity contribution in [2.75, 3.05) is 6.54 Å². The first-order chi connectivity index (χ1) is 11.1. The molecule has 1 aliphatic heterocycles. The summed E-state index contributed by atoms with van der Waals surface area (Å²) in [6.45, 7) is 3.40. The Kier molecular flexibility index (Phi) is 4.42. The van der Waals surface area contributed by atoms with E-state index in [1.165, 1.54) is 18.1 Å². The summed E-state index contributed by atoms with van der Waals surface area (Å²) in [7, 11) is 0. The molecular weight excluding hydrogens is 288 g/mol. The lowest BCUT2D eigenvalue weighted by molar-refractivity contribution is -0.119. The van der Waals surface area contributed by atoms with E-state index in [0.29, 0.717) is 18.7 Å². The molecule has 3 rings (SSSR count). The Morgan fingerprint density at radius 1 is 1.04 bits per heavy atom. The SMILES string of the molecule is CC(=O)NCc1ccc(C(=O)N2CCc3ccccc3C2)cc1. The van der Waals surface area contributed by atoms with Crippen molar-refractivity contribution < 1.29 is 9.59 Å². The third kappa shape index (κ3) is 3.59. The van der Waals surface area contributed by atoms with Gasteiger partial charge in [0.2, 0.25) is 5.91 Å². The normalized spacial score (nSPS) is 13.3. The van der Waals surface area contributed by atoms with Crippen molar-refractivity contribution in [2.24, 2.45) is 0 Å². The summed E-state index contributed by atoms with van der Waals surface area (Å²) >= 11 is 0. The molecule has 4 nitrogen and oxygen atoms in total. The highest BCUT2D eigenvalue weighted by atomic mass is 16.2. The first-order valence-corrected chi connectivity index (χ1v) is 7.83. The van der Waals surface area contributed by atoms with Crippen molar-refractivity contribution in [3.8, 4) is 0 Å². The van der Waals surface area contributed by atoms with Gasteiger partial charge in [-0.1, -0.05) is 36.4 Å². The van der Waals surface area contributed by atoms with Crippen LogP contribution in [0.5, 0.6) is 0 Å². The molecule has 0 aromatic heterocycles. The summed E-state index contributed by atoms with van der Waals surface area (Å²) in [5, 5.41) is 2.75. The van der Waals surface area contributed by atoms with Gasteiger partial charge in [-0.05, 0) is 35.2 Å². The Bertz CT molecular complexity index is 722. The van der Waals surface area contributed by atoms with Gasteiger partial charge < -0.3 is 10.2 Å². The number of nitrogens with zero attached hydrogens (tertiary/aromatic N) is 1. The number of carbonyl (C=O) groups is 2. The minimum atomic E-state index is -0.0582. The van der Waals surface area contributed by atoms with E-state index in [1.807, 2.05) is 41.3 Å². The maximum atomic E-state index is 12.6. The van der Waals surface area contributed by atoms with Gasteiger partial charge in [0.05, 0.1) is 0 Å². The minimum absolute atomic E-state index is 0.0582. The Morgan fingerprint density at radius 3 is 2.43 bits per heavy atom. The van der Waals surface area contributed by atoms with Crippen LogP contribution in [0.15, 0.2) is 48.5 Å². The molecule has 4 heteroatoms. The van der Waals surface area contributed by atoms with Gasteiger partial charge in [-0.25, -0.2) is 0 Å². The van der Waals surface area contributed by atoms with Crippen LogP contribution >= 0.6 is 0 Å². The van der Waals surface area contributed by atoms with Crippen LogP contribution in [0.2, 0.25) is 0 Å². The molecule has 0 unspecified atom stereocenters. The number of hydrogen-bond donors (Lipinski definition) is 1. The summed E-state index contributed by atoms with van der Waals surface area (Å²) in [6, 6.07) is 15.7. The van der Waals surface area contributed by atoms with E-state index in [-0.39, 0.29) is 11.8 Å². The minimum Gasteiger partial charge on any atom is -0.352 e. The van der Waals surface area contributed by atoms with Crippen LogP contribution in [0, 0.1) is 0 Å². The predicted octanol–water partition coefficient (Wildman–Crippen LogP) is 2.52. The number of amides is 2. The van der Waals surface area contributed by atoms with Crippen LogP contribution in [-0.2, 0) is 24.3 Å². The van der Waals surface area contributed by atoms with Gasteiger partial charge in [0, 0.05) is 32.1 Å². The lowest BCUT2D eigenvalue weighted by atomic mass is 9.99. The number of nitrogens with one attached hydrogen (secondary N) is 1. The number of rotatable bonds is 3. The molecule has 0 saturated heterocycles. The molecule has 0 radical (unpaired) electrons. The Labute approximate surface area is 136 Å². The zero-order valence-electron chi connectivity index (χ0n) is 13.2. The van der Waals surface area contributed by atoms with E-state index in [0.717, 1.165) is 18.5 Å². The third-order valence-corrected chi connectivity index (χ3v) is 4.16. The topological polar surface area (TPSA) is 49.4 Å². The summed E-state index contributed by atoms with van der Waals surface area (Å²) in [5.41, 5.74) is 4.24. The van der Waals surface area contributed by atoms with Crippen LogP contribution in [0.3, 0.4) is 0 Å². The van der Waals surface area contributed by atoms with Gasteiger partial charge in [-0.2, -0.15) is 0 Å². The van der Waals surface area contributed by atoms with Crippen molar-refractivity contribution in [3.05, 3.63) is 70.8 Å². The Morgan fingerprint density at radius 2 is 1.74 bits per heavy atom. The van der Waals surface area contributed by atoms with Crippen molar-refractivity contribution in [2.45, 2.75) is 26.4 Å². The summed E-state index contributed by atoms with van der Waals surface area (Å²) in [6.07, 6.45) is 0.905. The maximum Gasteiger partial charge on any atom is 0.254 e. The second-order valence-corrected chi connectivity index (χ2v) is 5.85. The fourth-order valence-corrected chi connectivity index (χ4v) is 2.84. The monoisotopic (exact) mass is 308 g/mol. The number of benzene rings is 2. The summed E-state index contributed by atoms with van der Waals surface area (Å²) < 4.78 is 0. The van der Waals surface area contributed by atoms with Gasteiger partial charge in [0.25, 0.3) is 5.91 Å². The third-order valence-electron chi connectivity index (χ3n) is 4.16. The zero-order chi connectivity index (χ0) is 16.2. The molecule has 0 atom stereocenters. The molecule has 1 heterocycles.